The van der Waals surface area contributed by atoms with Crippen LogP contribution in [0.1, 0.15) is 53.6 Å². The third kappa shape index (κ3) is 6.15. The molecule has 0 bridgehead atoms. The maximum atomic E-state index is 12.8. The summed E-state index contributed by atoms with van der Waals surface area (Å²) in [6.07, 6.45) is 2.30. The Bertz CT molecular complexity index is 1040. The number of likely N-dealkylation sites (tertiary alicyclic amines) is 1. The summed E-state index contributed by atoms with van der Waals surface area (Å²) in [4.78, 5) is 26.8. The van der Waals surface area contributed by atoms with E-state index in [1.807, 2.05) is 0 Å². The first kappa shape index (κ1) is 25.1. The number of carbonyl (C=O) groups excluding carboxylic acids is 2. The van der Waals surface area contributed by atoms with Gasteiger partial charge in [0, 0.05) is 42.5 Å². The molecule has 1 atom stereocenters. The van der Waals surface area contributed by atoms with Crippen molar-refractivity contribution in [1.29, 1.82) is 0 Å². The summed E-state index contributed by atoms with van der Waals surface area (Å²) in [6, 6.07) is 6.11. The summed E-state index contributed by atoms with van der Waals surface area (Å²) in [5, 5.41) is 23.9. The number of halogens is 3. The predicted molar refractivity (Wildman–Crippen MR) is 120 cm³/mol. The van der Waals surface area contributed by atoms with Crippen molar-refractivity contribution in [1.82, 2.24) is 25.7 Å². The summed E-state index contributed by atoms with van der Waals surface area (Å²) in [7, 11) is 0. The average molecular weight is 492 g/mol. The molecule has 0 radical (unpaired) electrons. The zero-order valence-electron chi connectivity index (χ0n) is 19.1. The van der Waals surface area contributed by atoms with E-state index in [0.717, 1.165) is 49.6 Å². The van der Waals surface area contributed by atoms with Gasteiger partial charge in [0.15, 0.2) is 0 Å². The van der Waals surface area contributed by atoms with E-state index >= 15 is 0 Å². The Morgan fingerprint density at radius 3 is 2.60 bits per heavy atom. The molecule has 2 heterocycles. The first-order chi connectivity index (χ1) is 16.6. The van der Waals surface area contributed by atoms with E-state index in [4.69, 9.17) is 0 Å². The fourth-order valence-corrected chi connectivity index (χ4v) is 4.91. The van der Waals surface area contributed by atoms with Gasteiger partial charge in [-0.3, -0.25) is 14.5 Å². The van der Waals surface area contributed by atoms with Gasteiger partial charge >= 0.3 is 6.18 Å². The second kappa shape index (κ2) is 10.3. The molecule has 2 aromatic rings. The van der Waals surface area contributed by atoms with Crippen LogP contribution < -0.4 is 10.6 Å². The number of amides is 2. The molecule has 2 aliphatic rings. The smallest absolute Gasteiger partial charge is 0.385 e. The van der Waals surface area contributed by atoms with Crippen LogP contribution in [0.5, 0.6) is 0 Å². The van der Waals surface area contributed by atoms with Crippen LogP contribution in [0.2, 0.25) is 0 Å². The van der Waals surface area contributed by atoms with Gasteiger partial charge in [-0.25, -0.2) is 0 Å². The average Bonchev–Trinajstić information content (AvgIpc) is 3.31. The van der Waals surface area contributed by atoms with Crippen LogP contribution in [0.15, 0.2) is 42.7 Å². The second-order valence-corrected chi connectivity index (χ2v) is 9.20. The molecule has 0 spiro atoms. The van der Waals surface area contributed by atoms with E-state index in [-0.39, 0.29) is 24.1 Å². The topological polar surface area (TPSA) is 107 Å². The van der Waals surface area contributed by atoms with E-state index in [9.17, 15) is 27.9 Å². The molecule has 1 saturated carbocycles. The highest BCUT2D eigenvalue weighted by atomic mass is 19.4. The van der Waals surface area contributed by atoms with Gasteiger partial charge in [-0.05, 0) is 56.4 Å². The largest absolute Gasteiger partial charge is 0.416 e. The number of carbonyl (C=O) groups is 2. The first-order valence-corrected chi connectivity index (χ1v) is 11.6. The molecule has 8 nitrogen and oxygen atoms in total. The van der Waals surface area contributed by atoms with Crippen molar-refractivity contribution >= 4 is 11.8 Å². The molecule has 2 amide bonds. The summed E-state index contributed by atoms with van der Waals surface area (Å²) in [6.45, 7) is 1.18. The fourth-order valence-electron chi connectivity index (χ4n) is 4.91. The van der Waals surface area contributed by atoms with Gasteiger partial charge in [0.25, 0.3) is 5.91 Å². The number of aliphatic hydroxyl groups is 1. The molecule has 188 valence electrons. The van der Waals surface area contributed by atoms with Crippen LogP contribution in [0.3, 0.4) is 0 Å². The van der Waals surface area contributed by atoms with Crippen LogP contribution in [0, 0.1) is 0 Å². The highest BCUT2D eigenvalue weighted by Crippen LogP contribution is 2.38. The molecule has 1 aliphatic heterocycles. The Balaban J connectivity index is 1.21. The number of nitrogens with one attached hydrogen (secondary N) is 2. The molecule has 11 heteroatoms. The standard InChI is InChI=1S/C24H28F3N5O3/c25-24(26,27)17-3-1-2-16(12-17)22(34)28-14-21(33)31-19-7-11-32(15-19)20-4-8-23(35,9-5-20)18-6-10-29-30-13-18/h1-3,6,10,12-13,19-20,35H,4-5,7-9,11,14-15H2,(H,28,34)(H,31,33). The molecule has 1 saturated heterocycles. The molecule has 1 aliphatic carbocycles. The van der Waals surface area contributed by atoms with Gasteiger partial charge in [-0.2, -0.15) is 23.4 Å². The SMILES string of the molecule is O=C(CNC(=O)c1cccc(C(F)(F)F)c1)NC1CCN(C2CCC(O)(c3ccnnc3)CC2)C1. The van der Waals surface area contributed by atoms with Crippen molar-refractivity contribution in [3.8, 4) is 0 Å². The van der Waals surface area contributed by atoms with Crippen LogP contribution in [-0.2, 0) is 16.6 Å². The Hall–Kier alpha value is -3.05. The molecular formula is C24H28F3N5O3. The quantitative estimate of drug-likeness (QED) is 0.572. The normalized spacial score (nSPS) is 25.3. The number of hydrogen-bond donors (Lipinski definition) is 3. The Morgan fingerprint density at radius 2 is 1.91 bits per heavy atom. The van der Waals surface area contributed by atoms with Crippen LogP contribution >= 0.6 is 0 Å². The number of aromatic nitrogens is 2. The Kier molecular flexibility index (Phi) is 7.36. The van der Waals surface area contributed by atoms with Crippen molar-refractivity contribution in [2.45, 2.75) is 56.0 Å². The van der Waals surface area contributed by atoms with Crippen LogP contribution in [0.4, 0.5) is 13.2 Å². The molecular weight excluding hydrogens is 463 g/mol. The highest BCUT2D eigenvalue weighted by molar-refractivity contribution is 5.96. The van der Waals surface area contributed by atoms with Crippen molar-refractivity contribution in [3.05, 3.63) is 59.4 Å². The lowest BCUT2D eigenvalue weighted by Crippen LogP contribution is -2.45. The third-order valence-corrected chi connectivity index (χ3v) is 6.87. The van der Waals surface area contributed by atoms with Crippen LogP contribution in [-0.4, -0.2) is 63.7 Å². The van der Waals surface area contributed by atoms with Crippen molar-refractivity contribution in [2.24, 2.45) is 0 Å². The lowest BCUT2D eigenvalue weighted by atomic mass is 9.78. The number of rotatable bonds is 6. The maximum Gasteiger partial charge on any atom is 0.416 e. The summed E-state index contributed by atoms with van der Waals surface area (Å²) in [5.41, 5.74) is -1.18. The minimum absolute atomic E-state index is 0.0711. The Labute approximate surface area is 200 Å². The summed E-state index contributed by atoms with van der Waals surface area (Å²) < 4.78 is 38.5. The van der Waals surface area contributed by atoms with E-state index in [2.05, 4.69) is 25.7 Å². The van der Waals surface area contributed by atoms with Gasteiger partial charge in [0.05, 0.1) is 23.9 Å². The maximum absolute atomic E-state index is 12.8. The lowest BCUT2D eigenvalue weighted by Gasteiger charge is -2.39. The molecule has 1 unspecified atom stereocenters. The minimum atomic E-state index is -4.55. The zero-order chi connectivity index (χ0) is 25.1. The van der Waals surface area contributed by atoms with Gasteiger partial charge in [0.2, 0.25) is 5.91 Å². The number of hydrogen-bond acceptors (Lipinski definition) is 6. The van der Waals surface area contributed by atoms with E-state index in [1.54, 1.807) is 18.5 Å². The molecule has 1 aromatic carbocycles. The summed E-state index contributed by atoms with van der Waals surface area (Å²) >= 11 is 0. The van der Waals surface area contributed by atoms with Crippen molar-refractivity contribution < 1.29 is 27.9 Å². The third-order valence-electron chi connectivity index (χ3n) is 6.87. The van der Waals surface area contributed by atoms with Crippen molar-refractivity contribution in [2.75, 3.05) is 19.6 Å². The number of nitrogens with zero attached hydrogens (tertiary/aromatic N) is 3. The van der Waals surface area contributed by atoms with E-state index in [0.29, 0.717) is 25.4 Å². The number of alkyl halides is 3. The van der Waals surface area contributed by atoms with E-state index < -0.39 is 23.2 Å². The van der Waals surface area contributed by atoms with Gasteiger partial charge in [-0.15, -0.1) is 0 Å². The van der Waals surface area contributed by atoms with Gasteiger partial charge < -0.3 is 15.7 Å². The van der Waals surface area contributed by atoms with Crippen LogP contribution in [0.25, 0.3) is 0 Å². The lowest BCUT2D eigenvalue weighted by molar-refractivity contribution is -0.137. The predicted octanol–water partition coefficient (Wildman–Crippen LogP) is 2.25. The second-order valence-electron chi connectivity index (χ2n) is 9.20. The highest BCUT2D eigenvalue weighted by Gasteiger charge is 2.38. The minimum Gasteiger partial charge on any atom is -0.385 e. The molecule has 35 heavy (non-hydrogen) atoms. The first-order valence-electron chi connectivity index (χ1n) is 11.6. The monoisotopic (exact) mass is 491 g/mol. The molecule has 1 aromatic heterocycles. The summed E-state index contributed by atoms with van der Waals surface area (Å²) in [5.74, 6) is -1.13. The molecule has 2 fully saturated rings. The molecule has 4 rings (SSSR count). The van der Waals surface area contributed by atoms with E-state index in [1.165, 1.54) is 6.07 Å². The molecule has 3 N–H and O–H groups in total. The van der Waals surface area contributed by atoms with Gasteiger partial charge in [-0.1, -0.05) is 6.07 Å². The van der Waals surface area contributed by atoms with Gasteiger partial charge in [0.1, 0.15) is 0 Å². The van der Waals surface area contributed by atoms with Crippen molar-refractivity contribution in [3.63, 3.8) is 0 Å². The number of benzene rings is 1. The fraction of sp³-hybridized carbons (Fsp3) is 0.500. The Morgan fingerprint density at radius 1 is 1.14 bits per heavy atom. The zero-order valence-corrected chi connectivity index (χ0v) is 19.1.